The van der Waals surface area contributed by atoms with Gasteiger partial charge in [-0.15, -0.1) is 0 Å². The van der Waals surface area contributed by atoms with Crippen molar-refractivity contribution in [3.63, 3.8) is 0 Å². The van der Waals surface area contributed by atoms with E-state index in [1.54, 1.807) is 33.1 Å². The summed E-state index contributed by atoms with van der Waals surface area (Å²) in [4.78, 5) is 2.44. The van der Waals surface area contributed by atoms with Crippen molar-refractivity contribution in [1.82, 2.24) is 0 Å². The van der Waals surface area contributed by atoms with Crippen LogP contribution in [-0.2, 0) is 10.1 Å². The van der Waals surface area contributed by atoms with Gasteiger partial charge in [-0.05, 0) is 85.3 Å². The highest BCUT2D eigenvalue weighted by Gasteiger charge is 2.50. The lowest BCUT2D eigenvalue weighted by molar-refractivity contribution is -0.0893. The van der Waals surface area contributed by atoms with E-state index >= 15 is 0 Å². The van der Waals surface area contributed by atoms with E-state index in [2.05, 4.69) is 78.9 Å². The number of anilines is 1. The summed E-state index contributed by atoms with van der Waals surface area (Å²) < 4.78 is 6.15. The van der Waals surface area contributed by atoms with Crippen molar-refractivity contribution >= 4 is 30.4 Å². The molecule has 0 atom stereocenters. The maximum absolute atomic E-state index is 10.6. The first-order valence-corrected chi connectivity index (χ1v) is 13.1. The second kappa shape index (κ2) is 8.01. The molecule has 1 radical (unpaired) electrons. The van der Waals surface area contributed by atoms with Crippen LogP contribution in [0.3, 0.4) is 0 Å². The molecule has 1 aliphatic carbocycles. The molecule has 2 aliphatic rings. The molecule has 0 bridgehead atoms. The molecule has 3 nitrogen and oxygen atoms in total. The Morgan fingerprint density at radius 1 is 0.750 bits per heavy atom. The van der Waals surface area contributed by atoms with E-state index in [9.17, 15) is 5.11 Å². The standard InChI is InChI=1S/C31H29BNO2S/c1-29(2,34)30(3,4)35-32-19-13-15-27-25(17-19)31(26-18-20(33)14-16-28(26)36-27)23-11-7-5-9-21(23)22-10-6-8-12-24(22)31/h5-18,34H,33H2,1-4H3. The van der Waals surface area contributed by atoms with Crippen LogP contribution in [0, 0.1) is 0 Å². The molecule has 179 valence electrons. The van der Waals surface area contributed by atoms with Crippen molar-refractivity contribution in [2.24, 2.45) is 0 Å². The van der Waals surface area contributed by atoms with Gasteiger partial charge in [-0.25, -0.2) is 0 Å². The maximum atomic E-state index is 10.6. The summed E-state index contributed by atoms with van der Waals surface area (Å²) in [5.41, 5.74) is 13.4. The van der Waals surface area contributed by atoms with Gasteiger partial charge in [0, 0.05) is 15.5 Å². The molecule has 0 unspecified atom stereocenters. The number of rotatable bonds is 4. The van der Waals surface area contributed by atoms with Crippen LogP contribution in [0.25, 0.3) is 11.1 Å². The average molecular weight is 490 g/mol. The quantitative estimate of drug-likeness (QED) is 0.238. The Morgan fingerprint density at radius 2 is 1.31 bits per heavy atom. The number of aliphatic hydroxyl groups is 1. The van der Waals surface area contributed by atoms with Crippen molar-refractivity contribution in [3.05, 3.63) is 107 Å². The minimum atomic E-state index is -0.991. The Kier molecular flexibility index (Phi) is 5.21. The fourth-order valence-electron chi connectivity index (χ4n) is 5.37. The van der Waals surface area contributed by atoms with Crippen LogP contribution in [0.5, 0.6) is 0 Å². The Bertz CT molecular complexity index is 1460. The van der Waals surface area contributed by atoms with Crippen LogP contribution in [-0.4, -0.2) is 23.8 Å². The molecule has 4 aromatic rings. The lowest BCUT2D eigenvalue weighted by Crippen LogP contribution is -2.49. The summed E-state index contributed by atoms with van der Waals surface area (Å²) in [6, 6.07) is 30.3. The van der Waals surface area contributed by atoms with Crippen molar-refractivity contribution in [1.29, 1.82) is 0 Å². The van der Waals surface area contributed by atoms with Gasteiger partial charge >= 0.3 is 7.48 Å². The average Bonchev–Trinajstić information content (AvgIpc) is 3.14. The van der Waals surface area contributed by atoms with Crippen LogP contribution in [0.4, 0.5) is 5.69 Å². The fraction of sp³-hybridized carbons (Fsp3) is 0.226. The van der Waals surface area contributed by atoms with Crippen molar-refractivity contribution in [3.8, 4) is 11.1 Å². The molecule has 6 rings (SSSR count). The lowest BCUT2D eigenvalue weighted by Gasteiger charge is -2.40. The van der Waals surface area contributed by atoms with Gasteiger partial charge in [-0.3, -0.25) is 0 Å². The SMILES string of the molecule is CC(C)(O)C(C)(C)O[B]c1ccc2c(c1)C1(c3cc(N)ccc3S2)c2ccccc2-c2ccccc21. The number of hydrogen-bond acceptors (Lipinski definition) is 4. The fourth-order valence-corrected chi connectivity index (χ4v) is 6.52. The van der Waals surface area contributed by atoms with Crippen LogP contribution in [0.15, 0.2) is 94.7 Å². The Hall–Kier alpha value is -2.99. The molecular weight excluding hydrogens is 461 g/mol. The van der Waals surface area contributed by atoms with E-state index in [0.29, 0.717) is 0 Å². The second-order valence-corrected chi connectivity index (χ2v) is 11.8. The number of nitrogens with two attached hydrogens (primary N) is 1. The van der Waals surface area contributed by atoms with Gasteiger partial charge in [0.25, 0.3) is 0 Å². The summed E-state index contributed by atoms with van der Waals surface area (Å²) in [5, 5.41) is 10.6. The zero-order valence-electron chi connectivity index (χ0n) is 21.0. The van der Waals surface area contributed by atoms with Crippen LogP contribution in [0.2, 0.25) is 0 Å². The maximum Gasteiger partial charge on any atom is 0.330 e. The van der Waals surface area contributed by atoms with E-state index in [0.717, 1.165) is 11.2 Å². The highest BCUT2D eigenvalue weighted by atomic mass is 32.2. The highest BCUT2D eigenvalue weighted by Crippen LogP contribution is 2.62. The molecule has 0 aromatic heterocycles. The zero-order valence-corrected chi connectivity index (χ0v) is 21.8. The number of fused-ring (bicyclic) bond motifs is 9. The number of hydrogen-bond donors (Lipinski definition) is 2. The number of nitrogen functional groups attached to an aromatic ring is 1. The summed E-state index contributed by atoms with van der Waals surface area (Å²) in [5.74, 6) is 0. The van der Waals surface area contributed by atoms with Gasteiger partial charge in [0.15, 0.2) is 0 Å². The van der Waals surface area contributed by atoms with Crippen LogP contribution >= 0.6 is 11.8 Å². The third-order valence-electron chi connectivity index (χ3n) is 7.95. The largest absolute Gasteiger partial charge is 0.427 e. The minimum absolute atomic E-state index is 0.478. The van der Waals surface area contributed by atoms with Crippen molar-refractivity contribution in [2.75, 3.05) is 5.73 Å². The van der Waals surface area contributed by atoms with Crippen LogP contribution in [0.1, 0.15) is 49.9 Å². The van der Waals surface area contributed by atoms with E-state index < -0.39 is 16.6 Å². The summed E-state index contributed by atoms with van der Waals surface area (Å²) >= 11 is 1.79. The van der Waals surface area contributed by atoms with Crippen LogP contribution < -0.4 is 11.2 Å². The molecule has 1 heterocycles. The molecule has 0 saturated heterocycles. The molecule has 0 fully saturated rings. The third-order valence-corrected chi connectivity index (χ3v) is 9.10. The van der Waals surface area contributed by atoms with Gasteiger partial charge in [-0.2, -0.15) is 0 Å². The topological polar surface area (TPSA) is 55.5 Å². The van der Waals surface area contributed by atoms with Gasteiger partial charge in [0.2, 0.25) is 0 Å². The highest BCUT2D eigenvalue weighted by molar-refractivity contribution is 7.99. The molecule has 36 heavy (non-hydrogen) atoms. The van der Waals surface area contributed by atoms with Crippen molar-refractivity contribution < 1.29 is 9.76 Å². The van der Waals surface area contributed by atoms with Crippen molar-refractivity contribution in [2.45, 2.75) is 54.1 Å². The molecule has 4 aromatic carbocycles. The van der Waals surface area contributed by atoms with E-state index in [-0.39, 0.29) is 0 Å². The van der Waals surface area contributed by atoms with Gasteiger partial charge in [-0.1, -0.05) is 77.9 Å². The third kappa shape index (κ3) is 3.30. The summed E-state index contributed by atoms with van der Waals surface area (Å²) in [7, 11) is 1.78. The van der Waals surface area contributed by atoms with E-state index in [1.807, 2.05) is 19.9 Å². The predicted molar refractivity (Wildman–Crippen MR) is 149 cm³/mol. The Morgan fingerprint density at radius 3 is 1.92 bits per heavy atom. The first kappa shape index (κ1) is 23.4. The molecule has 1 spiro atoms. The molecule has 0 amide bonds. The monoisotopic (exact) mass is 490 g/mol. The van der Waals surface area contributed by atoms with Gasteiger partial charge in [0.1, 0.15) is 0 Å². The smallest absolute Gasteiger partial charge is 0.330 e. The summed E-state index contributed by atoms with van der Waals surface area (Å²) in [6.07, 6.45) is 0. The first-order chi connectivity index (χ1) is 17.1. The Labute approximate surface area is 218 Å². The second-order valence-electron chi connectivity index (χ2n) is 10.8. The molecule has 5 heteroatoms. The summed E-state index contributed by atoms with van der Waals surface area (Å²) in [6.45, 7) is 7.35. The minimum Gasteiger partial charge on any atom is -0.427 e. The number of benzene rings is 4. The Balaban J connectivity index is 1.60. The van der Waals surface area contributed by atoms with Gasteiger partial charge < -0.3 is 15.5 Å². The zero-order chi connectivity index (χ0) is 25.3. The van der Waals surface area contributed by atoms with E-state index in [4.69, 9.17) is 10.4 Å². The normalized spacial score (nSPS) is 15.1. The first-order valence-electron chi connectivity index (χ1n) is 12.3. The molecule has 3 N–H and O–H groups in total. The molecule has 0 saturated carbocycles. The molecular formula is C31H29BNO2S. The predicted octanol–water partition coefficient (Wildman–Crippen LogP) is 5.91. The lowest BCUT2D eigenvalue weighted by atomic mass is 9.66. The van der Waals surface area contributed by atoms with Gasteiger partial charge in [0.05, 0.1) is 16.6 Å². The van der Waals surface area contributed by atoms with E-state index in [1.165, 1.54) is 43.2 Å². The molecule has 1 aliphatic heterocycles.